The topological polar surface area (TPSA) is 54.5 Å². The summed E-state index contributed by atoms with van der Waals surface area (Å²) in [5.41, 5.74) is 0.547. The van der Waals surface area contributed by atoms with E-state index in [-0.39, 0.29) is 0 Å². The van der Waals surface area contributed by atoms with Crippen molar-refractivity contribution in [2.75, 3.05) is 18.9 Å². The van der Waals surface area contributed by atoms with Gasteiger partial charge in [-0.3, -0.25) is 10.2 Å². The summed E-state index contributed by atoms with van der Waals surface area (Å²) in [5, 5.41) is 2.79. The highest BCUT2D eigenvalue weighted by atomic mass is 16.6. The summed E-state index contributed by atoms with van der Waals surface area (Å²) in [6.07, 6.45) is 4.75. The van der Waals surface area contributed by atoms with Gasteiger partial charge in [0.2, 0.25) is 0 Å². The fourth-order valence-corrected chi connectivity index (χ4v) is 2.66. The number of hydrogen-bond donors (Lipinski definition) is 1. The molecule has 1 aliphatic heterocycles. The van der Waals surface area contributed by atoms with Crippen LogP contribution in [0.3, 0.4) is 0 Å². The molecule has 0 aliphatic carbocycles. The van der Waals surface area contributed by atoms with Crippen molar-refractivity contribution in [2.24, 2.45) is 0 Å². The molecule has 5 heteroatoms. The zero-order valence-corrected chi connectivity index (χ0v) is 13.3. The number of aromatic nitrogens is 1. The van der Waals surface area contributed by atoms with Crippen molar-refractivity contribution in [1.29, 1.82) is 0 Å². The van der Waals surface area contributed by atoms with E-state index in [4.69, 9.17) is 4.74 Å². The minimum Gasteiger partial charge on any atom is -0.444 e. The van der Waals surface area contributed by atoms with Gasteiger partial charge in [-0.1, -0.05) is 12.5 Å². The highest BCUT2D eigenvalue weighted by Crippen LogP contribution is 2.32. The van der Waals surface area contributed by atoms with E-state index >= 15 is 0 Å². The Balaban J connectivity index is 2.15. The number of rotatable bonds is 2. The first-order valence-corrected chi connectivity index (χ1v) is 7.52. The Morgan fingerprint density at radius 2 is 2.19 bits per heavy atom. The van der Waals surface area contributed by atoms with Crippen molar-refractivity contribution in [2.45, 2.75) is 51.7 Å². The van der Waals surface area contributed by atoms with Crippen molar-refractivity contribution in [3.05, 3.63) is 23.9 Å². The Kier molecular flexibility index (Phi) is 4.83. The number of pyridine rings is 1. The first-order chi connectivity index (χ1) is 9.87. The van der Waals surface area contributed by atoms with E-state index in [9.17, 15) is 4.79 Å². The molecule has 0 saturated carbocycles. The Morgan fingerprint density at radius 3 is 2.86 bits per heavy atom. The fourth-order valence-electron chi connectivity index (χ4n) is 2.66. The number of likely N-dealkylation sites (tertiary alicyclic amines) is 1. The molecule has 1 saturated heterocycles. The van der Waals surface area contributed by atoms with E-state index in [1.807, 2.05) is 32.9 Å². The second-order valence-electron chi connectivity index (χ2n) is 6.56. The lowest BCUT2D eigenvalue weighted by Gasteiger charge is -2.33. The minimum atomic E-state index is -0.513. The van der Waals surface area contributed by atoms with Gasteiger partial charge in [0.1, 0.15) is 11.4 Å². The summed E-state index contributed by atoms with van der Waals surface area (Å²) < 4.78 is 5.31. The Hall–Kier alpha value is -1.62. The largest absolute Gasteiger partial charge is 0.444 e. The van der Waals surface area contributed by atoms with Gasteiger partial charge >= 0.3 is 6.09 Å². The summed E-state index contributed by atoms with van der Waals surface area (Å²) in [6, 6.07) is 4.25. The van der Waals surface area contributed by atoms with E-state index in [1.165, 1.54) is 12.8 Å². The Bertz CT molecular complexity index is 497. The van der Waals surface area contributed by atoms with Crippen LogP contribution in [-0.2, 0) is 4.74 Å². The number of hydrogen-bond acceptors (Lipinski definition) is 4. The molecule has 2 heterocycles. The first kappa shape index (κ1) is 15.8. The van der Waals surface area contributed by atoms with Gasteiger partial charge in [0.25, 0.3) is 0 Å². The normalized spacial score (nSPS) is 20.1. The van der Waals surface area contributed by atoms with Gasteiger partial charge in [-0.25, -0.2) is 9.78 Å². The molecule has 1 N–H and O–H groups in total. The number of anilines is 1. The van der Waals surface area contributed by atoms with Crippen LogP contribution in [0.25, 0.3) is 0 Å². The lowest BCUT2D eigenvalue weighted by atomic mass is 9.96. The number of carbonyl (C=O) groups excluding carboxylic acids is 1. The molecule has 1 unspecified atom stereocenters. The van der Waals surface area contributed by atoms with Gasteiger partial charge in [0.15, 0.2) is 0 Å². The number of nitrogens with one attached hydrogen (secondary N) is 1. The second-order valence-corrected chi connectivity index (χ2v) is 6.56. The predicted octanol–water partition coefficient (Wildman–Crippen LogP) is 3.59. The van der Waals surface area contributed by atoms with Crippen molar-refractivity contribution < 1.29 is 9.53 Å². The molecule has 21 heavy (non-hydrogen) atoms. The maximum Gasteiger partial charge on any atom is 0.413 e. The van der Waals surface area contributed by atoms with Crippen LogP contribution in [0.1, 0.15) is 51.6 Å². The van der Waals surface area contributed by atoms with Crippen LogP contribution in [0.15, 0.2) is 18.3 Å². The molecule has 1 aromatic heterocycles. The summed E-state index contributed by atoms with van der Waals surface area (Å²) in [4.78, 5) is 18.6. The quantitative estimate of drug-likeness (QED) is 0.904. The molecular weight excluding hydrogens is 266 g/mol. The first-order valence-electron chi connectivity index (χ1n) is 7.52. The zero-order valence-electron chi connectivity index (χ0n) is 13.3. The Labute approximate surface area is 126 Å². The molecule has 0 aromatic carbocycles. The molecule has 1 aliphatic rings. The number of amides is 1. The van der Waals surface area contributed by atoms with Crippen LogP contribution in [-0.4, -0.2) is 35.2 Å². The average molecular weight is 291 g/mol. The van der Waals surface area contributed by atoms with Gasteiger partial charge in [-0.05, 0) is 53.3 Å². The van der Waals surface area contributed by atoms with Crippen molar-refractivity contribution >= 4 is 11.9 Å². The van der Waals surface area contributed by atoms with Crippen LogP contribution < -0.4 is 5.32 Å². The third-order valence-electron chi connectivity index (χ3n) is 3.59. The highest BCUT2D eigenvalue weighted by Gasteiger charge is 2.25. The third-order valence-corrected chi connectivity index (χ3v) is 3.59. The lowest BCUT2D eigenvalue weighted by molar-refractivity contribution is 0.0634. The van der Waals surface area contributed by atoms with E-state index in [1.54, 1.807) is 6.20 Å². The van der Waals surface area contributed by atoms with E-state index in [0.717, 1.165) is 18.5 Å². The van der Waals surface area contributed by atoms with Gasteiger partial charge in [-0.2, -0.15) is 0 Å². The highest BCUT2D eigenvalue weighted by molar-refractivity contribution is 5.84. The summed E-state index contributed by atoms with van der Waals surface area (Å²) in [6.45, 7) is 6.62. The zero-order chi connectivity index (χ0) is 15.5. The number of piperidine rings is 1. The average Bonchev–Trinajstić information content (AvgIpc) is 2.38. The number of ether oxygens (including phenoxy) is 1. The molecule has 1 aromatic rings. The standard InChI is InChI=1S/C16H25N3O2/c1-16(2,3)21-15(20)18-14-12(8-7-10-17-14)13-9-5-6-11-19(13)4/h7-8,10,13H,5-6,9,11H2,1-4H3,(H,17,18,20). The molecule has 1 amide bonds. The molecule has 1 atom stereocenters. The maximum atomic E-state index is 12.0. The van der Waals surface area contributed by atoms with Crippen LogP contribution in [0.4, 0.5) is 10.6 Å². The number of carbonyl (C=O) groups is 1. The summed E-state index contributed by atoms with van der Waals surface area (Å²) >= 11 is 0. The van der Waals surface area contributed by atoms with Crippen LogP contribution in [0.2, 0.25) is 0 Å². The predicted molar refractivity (Wildman–Crippen MR) is 83.3 cm³/mol. The van der Waals surface area contributed by atoms with Gasteiger partial charge < -0.3 is 4.74 Å². The molecule has 0 radical (unpaired) electrons. The van der Waals surface area contributed by atoms with Crippen molar-refractivity contribution in [1.82, 2.24) is 9.88 Å². The Morgan fingerprint density at radius 1 is 1.43 bits per heavy atom. The molecule has 116 valence electrons. The minimum absolute atomic E-state index is 0.303. The van der Waals surface area contributed by atoms with Crippen LogP contribution in [0.5, 0.6) is 0 Å². The van der Waals surface area contributed by atoms with E-state index in [0.29, 0.717) is 11.9 Å². The molecule has 2 rings (SSSR count). The van der Waals surface area contributed by atoms with E-state index in [2.05, 4.69) is 22.2 Å². The lowest BCUT2D eigenvalue weighted by Crippen LogP contribution is -2.31. The fraction of sp³-hybridized carbons (Fsp3) is 0.625. The summed E-state index contributed by atoms with van der Waals surface area (Å²) in [7, 11) is 2.12. The van der Waals surface area contributed by atoms with Gasteiger partial charge in [-0.15, -0.1) is 0 Å². The molecule has 0 bridgehead atoms. The molecular formula is C16H25N3O2. The molecule has 0 spiro atoms. The summed E-state index contributed by atoms with van der Waals surface area (Å²) in [5.74, 6) is 0.602. The van der Waals surface area contributed by atoms with Gasteiger partial charge in [0.05, 0.1) is 0 Å². The van der Waals surface area contributed by atoms with Crippen molar-refractivity contribution in [3.8, 4) is 0 Å². The van der Waals surface area contributed by atoms with Gasteiger partial charge in [0, 0.05) is 17.8 Å². The molecule has 5 nitrogen and oxygen atoms in total. The van der Waals surface area contributed by atoms with Crippen molar-refractivity contribution in [3.63, 3.8) is 0 Å². The smallest absolute Gasteiger partial charge is 0.413 e. The van der Waals surface area contributed by atoms with Crippen LogP contribution >= 0.6 is 0 Å². The monoisotopic (exact) mass is 291 g/mol. The van der Waals surface area contributed by atoms with E-state index < -0.39 is 11.7 Å². The second kappa shape index (κ2) is 6.43. The SMILES string of the molecule is CN1CCCCC1c1cccnc1NC(=O)OC(C)(C)C. The maximum absolute atomic E-state index is 12.0. The third kappa shape index (κ3) is 4.43. The number of nitrogens with zero attached hydrogens (tertiary/aromatic N) is 2. The van der Waals surface area contributed by atoms with Crippen LogP contribution in [0, 0.1) is 0 Å². The molecule has 1 fully saturated rings.